The lowest BCUT2D eigenvalue weighted by Crippen LogP contribution is -2.41. The highest BCUT2D eigenvalue weighted by Crippen LogP contribution is 2.42. The van der Waals surface area contributed by atoms with Gasteiger partial charge in [-0.15, -0.1) is 13.2 Å². The van der Waals surface area contributed by atoms with Crippen LogP contribution in [0, 0.1) is 0 Å². The minimum absolute atomic E-state index is 0.0774. The molecule has 0 aliphatic carbocycles. The van der Waals surface area contributed by atoms with E-state index in [1.54, 1.807) is 22.6 Å². The van der Waals surface area contributed by atoms with Crippen molar-refractivity contribution < 1.29 is 45.3 Å². The van der Waals surface area contributed by atoms with Crippen molar-refractivity contribution in [2.75, 3.05) is 4.61 Å². The number of esters is 1. The van der Waals surface area contributed by atoms with Gasteiger partial charge < -0.3 is 14.2 Å². The first-order valence-corrected chi connectivity index (χ1v) is 8.59. The number of alkyl halides is 7. The molecule has 0 aromatic heterocycles. The van der Waals surface area contributed by atoms with Gasteiger partial charge in [0.25, 0.3) is 0 Å². The number of hydrogen-bond donors (Lipinski definition) is 0. The zero-order valence-electron chi connectivity index (χ0n) is 13.0. The standard InChI is InChI=1S/C15H11F6IO4/c1-2-7-3-9(26-15(19,20)21)4-8-5-10(13(23)24-6-22)12(14(16,17)18)25-11(7)8/h3-5,12H,2,6H2,1H3/t12-/m0/s1. The second-order valence-corrected chi connectivity index (χ2v) is 5.71. The Bertz CT molecular complexity index is 726. The van der Waals surface area contributed by atoms with Crippen LogP contribution in [-0.4, -0.2) is 29.2 Å². The van der Waals surface area contributed by atoms with Crippen molar-refractivity contribution in [2.45, 2.75) is 32.0 Å². The van der Waals surface area contributed by atoms with Gasteiger partial charge >= 0.3 is 18.5 Å². The topological polar surface area (TPSA) is 44.8 Å². The van der Waals surface area contributed by atoms with Crippen molar-refractivity contribution >= 4 is 34.6 Å². The predicted octanol–water partition coefficient (Wildman–Crippen LogP) is 4.79. The van der Waals surface area contributed by atoms with Crippen molar-refractivity contribution in [1.29, 1.82) is 0 Å². The van der Waals surface area contributed by atoms with Crippen LogP contribution in [-0.2, 0) is 16.0 Å². The molecule has 1 atom stereocenters. The molecule has 0 bridgehead atoms. The van der Waals surface area contributed by atoms with E-state index in [2.05, 4.69) is 9.47 Å². The molecule has 0 amide bonds. The Kier molecular flexibility index (Phi) is 5.98. The summed E-state index contributed by atoms with van der Waals surface area (Å²) < 4.78 is 90.3. The van der Waals surface area contributed by atoms with Crippen LogP contribution in [0.3, 0.4) is 0 Å². The molecule has 1 aromatic rings. The summed E-state index contributed by atoms with van der Waals surface area (Å²) in [6.45, 7) is 1.53. The highest BCUT2D eigenvalue weighted by Gasteiger charge is 2.49. The van der Waals surface area contributed by atoms with Crippen LogP contribution in [0.5, 0.6) is 11.5 Å². The zero-order valence-corrected chi connectivity index (χ0v) is 15.2. The minimum atomic E-state index is -4.98. The van der Waals surface area contributed by atoms with Crippen LogP contribution in [0.1, 0.15) is 18.1 Å². The van der Waals surface area contributed by atoms with Gasteiger partial charge in [-0.1, -0.05) is 6.92 Å². The number of carbonyl (C=O) groups excluding carboxylic acids is 1. The third kappa shape index (κ3) is 4.74. The largest absolute Gasteiger partial charge is 0.573 e. The molecule has 144 valence electrons. The molecule has 0 unspecified atom stereocenters. The SMILES string of the molecule is CCc1cc(OC(F)(F)F)cc2c1O[C@H](C(F)(F)F)C(C(=O)OCI)=C2. The lowest BCUT2D eigenvalue weighted by atomic mass is 9.97. The average molecular weight is 496 g/mol. The quantitative estimate of drug-likeness (QED) is 0.261. The zero-order chi connectivity index (χ0) is 19.7. The van der Waals surface area contributed by atoms with Crippen molar-refractivity contribution in [3.63, 3.8) is 0 Å². The summed E-state index contributed by atoms with van der Waals surface area (Å²) in [6.07, 6.45) is -11.6. The third-order valence-corrected chi connectivity index (χ3v) is 3.64. The van der Waals surface area contributed by atoms with Crippen molar-refractivity contribution in [3.8, 4) is 11.5 Å². The second kappa shape index (κ2) is 7.53. The Morgan fingerprint density at radius 3 is 2.38 bits per heavy atom. The molecule has 26 heavy (non-hydrogen) atoms. The number of ether oxygens (including phenoxy) is 3. The molecule has 0 N–H and O–H groups in total. The highest BCUT2D eigenvalue weighted by atomic mass is 127. The van der Waals surface area contributed by atoms with E-state index in [0.717, 1.165) is 18.2 Å². The monoisotopic (exact) mass is 496 g/mol. The fourth-order valence-electron chi connectivity index (χ4n) is 2.36. The van der Waals surface area contributed by atoms with Crippen LogP contribution in [0.25, 0.3) is 6.08 Å². The summed E-state index contributed by atoms with van der Waals surface area (Å²) in [5, 5.41) is 0. The fourth-order valence-corrected chi connectivity index (χ4v) is 2.64. The number of fused-ring (bicyclic) bond motifs is 1. The maximum Gasteiger partial charge on any atom is 0.573 e. The average Bonchev–Trinajstić information content (AvgIpc) is 2.50. The van der Waals surface area contributed by atoms with Crippen LogP contribution < -0.4 is 9.47 Å². The molecular weight excluding hydrogens is 485 g/mol. The third-order valence-electron chi connectivity index (χ3n) is 3.33. The van der Waals surface area contributed by atoms with E-state index >= 15 is 0 Å². The number of hydrogen-bond acceptors (Lipinski definition) is 4. The van der Waals surface area contributed by atoms with E-state index in [4.69, 9.17) is 4.74 Å². The van der Waals surface area contributed by atoms with Crippen LogP contribution in [0.2, 0.25) is 0 Å². The van der Waals surface area contributed by atoms with E-state index in [-0.39, 0.29) is 27.9 Å². The molecule has 4 nitrogen and oxygen atoms in total. The van der Waals surface area contributed by atoms with Gasteiger partial charge in [0.15, 0.2) is 0 Å². The number of halogens is 7. The highest BCUT2D eigenvalue weighted by molar-refractivity contribution is 14.1. The first-order valence-electron chi connectivity index (χ1n) is 7.07. The molecule has 1 aliphatic heterocycles. The first-order chi connectivity index (χ1) is 12.0. The van der Waals surface area contributed by atoms with Gasteiger partial charge in [0.1, 0.15) is 16.1 Å². The Hall–Kier alpha value is -1.66. The smallest absolute Gasteiger partial charge is 0.475 e. The molecule has 0 saturated carbocycles. The van der Waals surface area contributed by atoms with E-state index in [9.17, 15) is 31.1 Å². The van der Waals surface area contributed by atoms with E-state index < -0.39 is 35.9 Å². The molecular formula is C15H11F6IO4. The van der Waals surface area contributed by atoms with E-state index in [1.807, 2.05) is 0 Å². The number of aryl methyl sites for hydroxylation is 1. The van der Waals surface area contributed by atoms with Crippen LogP contribution in [0.4, 0.5) is 26.3 Å². The number of carbonyl (C=O) groups is 1. The van der Waals surface area contributed by atoms with Crippen molar-refractivity contribution in [3.05, 3.63) is 28.8 Å². The van der Waals surface area contributed by atoms with Gasteiger partial charge in [0.05, 0.1) is 5.57 Å². The summed E-state index contributed by atoms with van der Waals surface area (Å²) in [5.41, 5.74) is -0.911. The summed E-state index contributed by atoms with van der Waals surface area (Å²) in [4.78, 5) is 11.8. The van der Waals surface area contributed by atoms with Crippen LogP contribution in [0.15, 0.2) is 17.7 Å². The second-order valence-electron chi connectivity index (χ2n) is 5.08. The maximum atomic E-state index is 13.3. The van der Waals surface area contributed by atoms with Gasteiger partial charge in [0, 0.05) is 5.56 Å². The molecule has 0 fully saturated rings. The molecule has 11 heteroatoms. The predicted molar refractivity (Wildman–Crippen MR) is 85.9 cm³/mol. The Morgan fingerprint density at radius 1 is 1.23 bits per heavy atom. The van der Waals surface area contributed by atoms with Crippen LogP contribution >= 0.6 is 22.6 Å². The molecule has 0 radical (unpaired) electrons. The summed E-state index contributed by atoms with van der Waals surface area (Å²) in [6, 6.07) is 1.80. The molecule has 0 spiro atoms. The Balaban J connectivity index is 2.58. The molecule has 0 saturated heterocycles. The van der Waals surface area contributed by atoms with E-state index in [1.165, 1.54) is 6.92 Å². The summed E-state index contributed by atoms with van der Waals surface area (Å²) >= 11 is 1.62. The van der Waals surface area contributed by atoms with Gasteiger partial charge in [-0.2, -0.15) is 13.2 Å². The van der Waals surface area contributed by atoms with Gasteiger partial charge in [-0.3, -0.25) is 0 Å². The maximum absolute atomic E-state index is 13.3. The summed E-state index contributed by atoms with van der Waals surface area (Å²) in [7, 11) is 0. The Morgan fingerprint density at radius 2 is 1.88 bits per heavy atom. The fraction of sp³-hybridized carbons (Fsp3) is 0.400. The Labute approximate surface area is 157 Å². The number of benzene rings is 1. The van der Waals surface area contributed by atoms with E-state index in [0.29, 0.717) is 0 Å². The van der Waals surface area contributed by atoms with Gasteiger partial charge in [-0.05, 0) is 52.8 Å². The summed E-state index contributed by atoms with van der Waals surface area (Å²) in [5.74, 6) is -2.15. The molecule has 1 aliphatic rings. The lowest BCUT2D eigenvalue weighted by molar-refractivity contribution is -0.274. The number of rotatable bonds is 4. The van der Waals surface area contributed by atoms with Crippen molar-refractivity contribution in [1.82, 2.24) is 0 Å². The molecule has 1 heterocycles. The van der Waals surface area contributed by atoms with Gasteiger partial charge in [0.2, 0.25) is 6.10 Å². The minimum Gasteiger partial charge on any atom is -0.475 e. The molecule has 1 aromatic carbocycles. The normalized spacial score (nSPS) is 17.1. The van der Waals surface area contributed by atoms with Crippen molar-refractivity contribution in [2.24, 2.45) is 0 Å². The first kappa shape index (κ1) is 20.6. The van der Waals surface area contributed by atoms with Gasteiger partial charge in [-0.25, -0.2) is 4.79 Å². The molecule has 2 rings (SSSR count). The lowest BCUT2D eigenvalue weighted by Gasteiger charge is -2.29.